The largest absolute Gasteiger partial charge is 0.379 e. The Kier molecular flexibility index (Phi) is 3.68. The minimum absolute atomic E-state index is 0.153. The molecule has 0 aromatic rings. The second-order valence-corrected chi connectivity index (χ2v) is 3.34. The Morgan fingerprint density at radius 3 is 3.09 bits per heavy atom. The number of nitrogens with one attached hydrogen (secondary N) is 1. The Morgan fingerprint density at radius 2 is 2.55 bits per heavy atom. The zero-order valence-corrected chi connectivity index (χ0v) is 7.02. The molecular formula is C6H12N2O2S. The van der Waals surface area contributed by atoms with E-state index in [1.807, 2.05) is 0 Å². The lowest BCUT2D eigenvalue weighted by molar-refractivity contribution is -0.130. The summed E-state index contributed by atoms with van der Waals surface area (Å²) in [5.41, 5.74) is 5.17. The second-order valence-electron chi connectivity index (χ2n) is 2.28. The van der Waals surface area contributed by atoms with Crippen molar-refractivity contribution in [2.75, 3.05) is 19.2 Å². The van der Waals surface area contributed by atoms with E-state index in [2.05, 4.69) is 0 Å². The third-order valence-electron chi connectivity index (χ3n) is 1.40. The van der Waals surface area contributed by atoms with E-state index in [0.717, 1.165) is 18.8 Å². The molecule has 0 radical (unpaired) electrons. The van der Waals surface area contributed by atoms with Gasteiger partial charge in [0.05, 0.1) is 12.7 Å². The van der Waals surface area contributed by atoms with E-state index in [1.165, 1.54) is 11.8 Å². The topological polar surface area (TPSA) is 68.3 Å². The van der Waals surface area contributed by atoms with Crippen LogP contribution < -0.4 is 5.73 Å². The molecule has 0 aromatic carbocycles. The lowest BCUT2D eigenvalue weighted by atomic mass is 10.3. The monoisotopic (exact) mass is 176 g/mol. The van der Waals surface area contributed by atoms with Crippen molar-refractivity contribution in [3.63, 3.8) is 0 Å². The molecule has 3 N–H and O–H groups in total. The molecule has 1 aliphatic rings. The van der Waals surface area contributed by atoms with E-state index in [-0.39, 0.29) is 11.3 Å². The molecule has 0 saturated carbocycles. The minimum Gasteiger partial charge on any atom is -0.379 e. The molecule has 0 aliphatic carbocycles. The fourth-order valence-corrected chi connectivity index (χ4v) is 1.44. The minimum atomic E-state index is 0.153. The van der Waals surface area contributed by atoms with Gasteiger partial charge in [0, 0.05) is 5.75 Å². The summed E-state index contributed by atoms with van der Waals surface area (Å²) in [6.07, 6.45) is 1.11. The Bertz CT molecular complexity index is 137. The first-order valence-corrected chi connectivity index (χ1v) is 4.44. The van der Waals surface area contributed by atoms with E-state index in [4.69, 9.17) is 20.6 Å². The van der Waals surface area contributed by atoms with Crippen LogP contribution in [-0.4, -0.2) is 30.4 Å². The van der Waals surface area contributed by atoms with Crippen LogP contribution in [0.2, 0.25) is 0 Å². The van der Waals surface area contributed by atoms with E-state index in [9.17, 15) is 0 Å². The van der Waals surface area contributed by atoms with Crippen molar-refractivity contribution in [3.05, 3.63) is 0 Å². The number of thioether (sulfide) groups is 1. The zero-order chi connectivity index (χ0) is 8.10. The van der Waals surface area contributed by atoms with Crippen LogP contribution in [0.1, 0.15) is 6.42 Å². The van der Waals surface area contributed by atoms with E-state index in [1.54, 1.807) is 0 Å². The highest BCUT2D eigenvalue weighted by molar-refractivity contribution is 8.13. The van der Waals surface area contributed by atoms with Crippen LogP contribution in [-0.2, 0) is 9.47 Å². The molecule has 5 heteroatoms. The van der Waals surface area contributed by atoms with Gasteiger partial charge in [-0.1, -0.05) is 11.8 Å². The first-order valence-electron chi connectivity index (χ1n) is 3.45. The normalized spacial score (nSPS) is 24.9. The van der Waals surface area contributed by atoms with Crippen molar-refractivity contribution in [1.82, 2.24) is 0 Å². The highest BCUT2D eigenvalue weighted by Gasteiger charge is 2.13. The molecule has 64 valence electrons. The van der Waals surface area contributed by atoms with Crippen LogP contribution in [0.5, 0.6) is 0 Å². The predicted octanol–water partition coefficient (Wildman–Crippen LogP) is 0.376. The van der Waals surface area contributed by atoms with Gasteiger partial charge in [0.15, 0.2) is 5.17 Å². The number of rotatable bonds is 2. The molecule has 1 atom stereocenters. The summed E-state index contributed by atoms with van der Waals surface area (Å²) in [6.45, 7) is 1.13. The predicted molar refractivity (Wildman–Crippen MR) is 44.7 cm³/mol. The maximum Gasteiger partial charge on any atom is 0.151 e. The molecule has 0 bridgehead atoms. The molecule has 1 rings (SSSR count). The van der Waals surface area contributed by atoms with Crippen LogP contribution >= 0.6 is 11.8 Å². The molecule has 1 aliphatic heterocycles. The number of nitrogens with two attached hydrogens (primary N) is 1. The van der Waals surface area contributed by atoms with E-state index < -0.39 is 0 Å². The summed E-state index contributed by atoms with van der Waals surface area (Å²) in [4.78, 5) is 0. The third kappa shape index (κ3) is 3.60. The van der Waals surface area contributed by atoms with Gasteiger partial charge in [-0.3, -0.25) is 5.41 Å². The van der Waals surface area contributed by atoms with Crippen molar-refractivity contribution < 1.29 is 9.47 Å². The average Bonchev–Trinajstić information content (AvgIpc) is 2.03. The Hall–Kier alpha value is -0.260. The van der Waals surface area contributed by atoms with Crippen LogP contribution in [0.4, 0.5) is 0 Å². The SMILES string of the molecule is N=C(N)SCC1CCOCO1. The fraction of sp³-hybridized carbons (Fsp3) is 0.833. The Labute approximate surface area is 69.9 Å². The number of amidine groups is 1. The summed E-state index contributed by atoms with van der Waals surface area (Å²) >= 11 is 1.32. The summed E-state index contributed by atoms with van der Waals surface area (Å²) in [5, 5.41) is 7.12. The first kappa shape index (κ1) is 8.83. The van der Waals surface area contributed by atoms with Crippen molar-refractivity contribution in [2.24, 2.45) is 5.73 Å². The first-order chi connectivity index (χ1) is 5.29. The molecule has 1 fully saturated rings. The molecule has 0 spiro atoms. The van der Waals surface area contributed by atoms with Gasteiger partial charge in [0.2, 0.25) is 0 Å². The van der Waals surface area contributed by atoms with Crippen molar-refractivity contribution in [1.29, 1.82) is 5.41 Å². The van der Waals surface area contributed by atoms with Crippen LogP contribution in [0.15, 0.2) is 0 Å². The van der Waals surface area contributed by atoms with Gasteiger partial charge < -0.3 is 15.2 Å². The molecular weight excluding hydrogens is 164 g/mol. The quantitative estimate of drug-likeness (QED) is 0.471. The van der Waals surface area contributed by atoms with Gasteiger partial charge in [0.25, 0.3) is 0 Å². The maximum atomic E-state index is 6.97. The van der Waals surface area contributed by atoms with Gasteiger partial charge >= 0.3 is 0 Å². The Morgan fingerprint density at radius 1 is 1.73 bits per heavy atom. The summed E-state index contributed by atoms with van der Waals surface area (Å²) < 4.78 is 10.2. The molecule has 0 aromatic heterocycles. The fourth-order valence-electron chi connectivity index (χ4n) is 0.816. The summed E-state index contributed by atoms with van der Waals surface area (Å²) in [6, 6.07) is 0. The number of hydrogen-bond acceptors (Lipinski definition) is 4. The average molecular weight is 176 g/mol. The van der Waals surface area contributed by atoms with Gasteiger partial charge in [-0.25, -0.2) is 0 Å². The standard InChI is InChI=1S/C6H12N2O2S/c7-6(8)11-3-5-1-2-9-4-10-5/h5H,1-4H2,(H3,7,8). The van der Waals surface area contributed by atoms with Gasteiger partial charge in [0.1, 0.15) is 6.79 Å². The zero-order valence-electron chi connectivity index (χ0n) is 6.21. The van der Waals surface area contributed by atoms with Crippen LogP contribution in [0, 0.1) is 5.41 Å². The molecule has 11 heavy (non-hydrogen) atoms. The highest BCUT2D eigenvalue weighted by atomic mass is 32.2. The molecule has 1 unspecified atom stereocenters. The molecule has 1 heterocycles. The smallest absolute Gasteiger partial charge is 0.151 e. The molecule has 4 nitrogen and oxygen atoms in total. The second kappa shape index (κ2) is 4.58. The van der Waals surface area contributed by atoms with Gasteiger partial charge in [-0.15, -0.1) is 0 Å². The third-order valence-corrected chi connectivity index (χ3v) is 2.25. The van der Waals surface area contributed by atoms with Crippen LogP contribution in [0.25, 0.3) is 0 Å². The molecule has 0 amide bonds. The lowest BCUT2D eigenvalue weighted by Crippen LogP contribution is -2.26. The highest BCUT2D eigenvalue weighted by Crippen LogP contribution is 2.11. The van der Waals surface area contributed by atoms with Crippen LogP contribution in [0.3, 0.4) is 0 Å². The maximum absolute atomic E-state index is 6.97. The molecule has 1 saturated heterocycles. The van der Waals surface area contributed by atoms with E-state index >= 15 is 0 Å². The summed E-state index contributed by atoms with van der Waals surface area (Å²) in [7, 11) is 0. The van der Waals surface area contributed by atoms with Crippen molar-refractivity contribution in [3.8, 4) is 0 Å². The summed E-state index contributed by atoms with van der Waals surface area (Å²) in [5.74, 6) is 0.763. The number of hydrogen-bond donors (Lipinski definition) is 2. The van der Waals surface area contributed by atoms with Gasteiger partial charge in [-0.05, 0) is 6.42 Å². The van der Waals surface area contributed by atoms with Gasteiger partial charge in [-0.2, -0.15) is 0 Å². The lowest BCUT2D eigenvalue weighted by Gasteiger charge is -2.21. The Balaban J connectivity index is 2.09. The number of ether oxygens (including phenoxy) is 2. The van der Waals surface area contributed by atoms with Crippen molar-refractivity contribution in [2.45, 2.75) is 12.5 Å². The van der Waals surface area contributed by atoms with Crippen molar-refractivity contribution >= 4 is 16.9 Å². The van der Waals surface area contributed by atoms with E-state index in [0.29, 0.717) is 6.79 Å².